The van der Waals surface area contributed by atoms with Gasteiger partial charge in [0.15, 0.2) is 0 Å². The molecule has 2 aliphatic heterocycles. The number of nitrogens with zero attached hydrogens (tertiary/aromatic N) is 1. The lowest BCUT2D eigenvalue weighted by molar-refractivity contribution is 0.0579. The molecule has 3 heteroatoms. The molecule has 2 N–H and O–H groups in total. The minimum absolute atomic E-state index is 0.435. The van der Waals surface area contributed by atoms with Crippen molar-refractivity contribution in [3.05, 3.63) is 0 Å². The van der Waals surface area contributed by atoms with Gasteiger partial charge in [0.25, 0.3) is 0 Å². The van der Waals surface area contributed by atoms with Crippen molar-refractivity contribution in [2.45, 2.75) is 38.3 Å². The summed E-state index contributed by atoms with van der Waals surface area (Å²) in [5.41, 5.74) is 5.69. The Balaban J connectivity index is 1.82. The maximum absolute atomic E-state index is 5.69. The summed E-state index contributed by atoms with van der Waals surface area (Å²) in [5, 5.41) is 0. The van der Waals surface area contributed by atoms with Gasteiger partial charge in [-0.2, -0.15) is 0 Å². The maximum Gasteiger partial charge on any atom is 0.0703 e. The third kappa shape index (κ3) is 2.10. The monoisotopic (exact) mass is 198 g/mol. The minimum atomic E-state index is 0.435. The number of hydrogen-bond donors (Lipinski definition) is 1. The van der Waals surface area contributed by atoms with Crippen LogP contribution >= 0.6 is 0 Å². The minimum Gasteiger partial charge on any atom is -0.377 e. The predicted octanol–water partition coefficient (Wildman–Crippen LogP) is 0.834. The van der Waals surface area contributed by atoms with Crippen LogP contribution in [-0.4, -0.2) is 43.3 Å². The number of ether oxygens (including phenoxy) is 1. The highest BCUT2D eigenvalue weighted by Gasteiger charge is 2.31. The van der Waals surface area contributed by atoms with Crippen molar-refractivity contribution >= 4 is 0 Å². The van der Waals surface area contributed by atoms with E-state index in [-0.39, 0.29) is 0 Å². The molecule has 2 saturated heterocycles. The van der Waals surface area contributed by atoms with Gasteiger partial charge in [0, 0.05) is 12.6 Å². The highest BCUT2D eigenvalue weighted by atomic mass is 16.5. The van der Waals surface area contributed by atoms with Crippen LogP contribution in [0.15, 0.2) is 0 Å². The van der Waals surface area contributed by atoms with Gasteiger partial charge < -0.3 is 10.5 Å². The quantitative estimate of drug-likeness (QED) is 0.714. The second kappa shape index (κ2) is 4.60. The zero-order chi connectivity index (χ0) is 9.97. The molecule has 0 saturated carbocycles. The van der Waals surface area contributed by atoms with Crippen molar-refractivity contribution in [1.29, 1.82) is 0 Å². The van der Waals surface area contributed by atoms with E-state index in [4.69, 9.17) is 10.5 Å². The first-order valence-corrected chi connectivity index (χ1v) is 5.87. The van der Waals surface area contributed by atoms with E-state index in [1.165, 1.54) is 32.4 Å². The van der Waals surface area contributed by atoms with Crippen LogP contribution in [0.3, 0.4) is 0 Å². The molecule has 0 bridgehead atoms. The molecule has 0 radical (unpaired) electrons. The Hall–Kier alpha value is -0.120. The van der Waals surface area contributed by atoms with Gasteiger partial charge in [0.05, 0.1) is 6.10 Å². The van der Waals surface area contributed by atoms with Crippen LogP contribution in [0.4, 0.5) is 0 Å². The molecular weight excluding hydrogens is 176 g/mol. The van der Waals surface area contributed by atoms with Crippen LogP contribution in [0.5, 0.6) is 0 Å². The zero-order valence-electron chi connectivity index (χ0n) is 9.11. The molecule has 0 aromatic rings. The van der Waals surface area contributed by atoms with Crippen molar-refractivity contribution in [2.24, 2.45) is 11.7 Å². The highest BCUT2D eigenvalue weighted by molar-refractivity contribution is 4.85. The molecule has 2 aliphatic rings. The predicted molar refractivity (Wildman–Crippen MR) is 57.2 cm³/mol. The summed E-state index contributed by atoms with van der Waals surface area (Å²) in [7, 11) is 0. The average Bonchev–Trinajstić information content (AvgIpc) is 2.65. The smallest absolute Gasteiger partial charge is 0.0703 e. The normalized spacial score (nSPS) is 36.4. The number of hydrogen-bond acceptors (Lipinski definition) is 3. The first kappa shape index (κ1) is 10.4. The summed E-state index contributed by atoms with van der Waals surface area (Å²) in [4.78, 5) is 2.60. The number of nitrogens with two attached hydrogens (primary N) is 1. The van der Waals surface area contributed by atoms with Gasteiger partial charge in [-0.1, -0.05) is 0 Å². The SMILES string of the molecule is CC1OCCC1N1CCC(CN)CC1. The molecular formula is C11H22N2O. The lowest BCUT2D eigenvalue weighted by Crippen LogP contribution is -2.45. The number of rotatable bonds is 2. The standard InChI is InChI=1S/C11H22N2O/c1-9-11(4-7-14-9)13-5-2-10(8-12)3-6-13/h9-11H,2-8,12H2,1H3. The van der Waals surface area contributed by atoms with E-state index in [0.29, 0.717) is 12.1 Å². The number of likely N-dealkylation sites (tertiary alicyclic amines) is 1. The first-order valence-electron chi connectivity index (χ1n) is 5.87. The number of piperidine rings is 1. The lowest BCUT2D eigenvalue weighted by atomic mass is 9.95. The molecule has 0 amide bonds. The fraction of sp³-hybridized carbons (Fsp3) is 1.00. The van der Waals surface area contributed by atoms with E-state index >= 15 is 0 Å². The zero-order valence-corrected chi connectivity index (χ0v) is 9.11. The van der Waals surface area contributed by atoms with Gasteiger partial charge in [0.2, 0.25) is 0 Å². The van der Waals surface area contributed by atoms with Gasteiger partial charge in [0.1, 0.15) is 0 Å². The summed E-state index contributed by atoms with van der Waals surface area (Å²) < 4.78 is 5.61. The summed E-state index contributed by atoms with van der Waals surface area (Å²) >= 11 is 0. The van der Waals surface area contributed by atoms with Crippen LogP contribution in [0.1, 0.15) is 26.2 Å². The molecule has 0 aliphatic carbocycles. The van der Waals surface area contributed by atoms with Crippen molar-refractivity contribution < 1.29 is 4.74 Å². The topological polar surface area (TPSA) is 38.5 Å². The van der Waals surface area contributed by atoms with Gasteiger partial charge in [-0.3, -0.25) is 4.90 Å². The van der Waals surface area contributed by atoms with Crippen LogP contribution in [0, 0.1) is 5.92 Å². The summed E-state index contributed by atoms with van der Waals surface area (Å²) in [6.07, 6.45) is 4.21. The average molecular weight is 198 g/mol. The molecule has 0 aromatic heterocycles. The molecule has 2 rings (SSSR count). The summed E-state index contributed by atoms with van der Waals surface area (Å²) in [5.74, 6) is 0.767. The van der Waals surface area contributed by atoms with Gasteiger partial charge in [-0.25, -0.2) is 0 Å². The Kier molecular flexibility index (Phi) is 3.42. The van der Waals surface area contributed by atoms with E-state index in [9.17, 15) is 0 Å². The van der Waals surface area contributed by atoms with E-state index in [1.54, 1.807) is 0 Å². The molecule has 2 unspecified atom stereocenters. The van der Waals surface area contributed by atoms with E-state index in [2.05, 4.69) is 11.8 Å². The van der Waals surface area contributed by atoms with Crippen molar-refractivity contribution in [3.8, 4) is 0 Å². The molecule has 0 spiro atoms. The second-order valence-electron chi connectivity index (χ2n) is 4.65. The van der Waals surface area contributed by atoms with Gasteiger partial charge >= 0.3 is 0 Å². The van der Waals surface area contributed by atoms with Crippen molar-refractivity contribution in [1.82, 2.24) is 4.90 Å². The van der Waals surface area contributed by atoms with Crippen LogP contribution in [0.2, 0.25) is 0 Å². The molecule has 14 heavy (non-hydrogen) atoms. The Morgan fingerprint density at radius 3 is 2.50 bits per heavy atom. The van der Waals surface area contributed by atoms with Crippen LogP contribution in [-0.2, 0) is 4.74 Å². The molecule has 2 fully saturated rings. The second-order valence-corrected chi connectivity index (χ2v) is 4.65. The summed E-state index contributed by atoms with van der Waals surface area (Å²) in [6.45, 7) is 6.46. The van der Waals surface area contributed by atoms with Crippen molar-refractivity contribution in [2.75, 3.05) is 26.2 Å². The van der Waals surface area contributed by atoms with Crippen molar-refractivity contribution in [3.63, 3.8) is 0 Å². The fourth-order valence-corrected chi connectivity index (χ4v) is 2.72. The van der Waals surface area contributed by atoms with Crippen LogP contribution in [0.25, 0.3) is 0 Å². The van der Waals surface area contributed by atoms with Gasteiger partial charge in [-0.05, 0) is 51.7 Å². The molecule has 3 nitrogen and oxygen atoms in total. The molecule has 82 valence electrons. The lowest BCUT2D eigenvalue weighted by Gasteiger charge is -2.36. The first-order chi connectivity index (χ1) is 6.81. The third-order valence-electron chi connectivity index (χ3n) is 3.79. The Morgan fingerprint density at radius 2 is 2.00 bits per heavy atom. The molecule has 2 atom stereocenters. The Bertz CT molecular complexity index is 178. The third-order valence-corrected chi connectivity index (χ3v) is 3.79. The van der Waals surface area contributed by atoms with Gasteiger partial charge in [-0.15, -0.1) is 0 Å². The highest BCUT2D eigenvalue weighted by Crippen LogP contribution is 2.24. The van der Waals surface area contributed by atoms with E-state index in [1.807, 2.05) is 0 Å². The Labute approximate surface area is 86.6 Å². The van der Waals surface area contributed by atoms with E-state index < -0.39 is 0 Å². The fourth-order valence-electron chi connectivity index (χ4n) is 2.72. The molecule has 2 heterocycles. The summed E-state index contributed by atoms with van der Waals surface area (Å²) in [6, 6.07) is 0.675. The molecule has 0 aromatic carbocycles. The maximum atomic E-state index is 5.69. The van der Waals surface area contributed by atoms with E-state index in [0.717, 1.165) is 19.1 Å². The largest absolute Gasteiger partial charge is 0.377 e. The van der Waals surface area contributed by atoms with Crippen LogP contribution < -0.4 is 5.73 Å². The Morgan fingerprint density at radius 1 is 1.29 bits per heavy atom.